The molecule has 3 aromatic rings. The van der Waals surface area contributed by atoms with Gasteiger partial charge in [-0.2, -0.15) is 19.6 Å². The average Bonchev–Trinajstić information content (AvgIpc) is 3.17. The topological polar surface area (TPSA) is 136 Å². The second-order valence-corrected chi connectivity index (χ2v) is 6.33. The fourth-order valence-electron chi connectivity index (χ4n) is 2.40. The van der Waals surface area contributed by atoms with E-state index in [0.29, 0.717) is 22.4 Å². The van der Waals surface area contributed by atoms with Gasteiger partial charge >= 0.3 is 5.69 Å². The predicted molar refractivity (Wildman–Crippen MR) is 90.0 cm³/mol. The number of nitrogens with one attached hydrogen (secondary N) is 3. The van der Waals surface area contributed by atoms with Crippen molar-refractivity contribution in [3.63, 3.8) is 0 Å². The number of aromatic hydroxyl groups is 1. The lowest BCUT2D eigenvalue weighted by Gasteiger charge is -2.07. The highest BCUT2D eigenvalue weighted by molar-refractivity contribution is 5.57. The number of fused-ring (bicyclic) bond motifs is 1. The van der Waals surface area contributed by atoms with Crippen LogP contribution in [0.5, 0.6) is 5.88 Å². The highest BCUT2D eigenvalue weighted by atomic mass is 16.3. The summed E-state index contributed by atoms with van der Waals surface area (Å²) in [5.41, 5.74) is 0.806. The van der Waals surface area contributed by atoms with E-state index in [1.807, 2.05) is 13.8 Å². The molecule has 1 aliphatic carbocycles. The Morgan fingerprint density at radius 2 is 2.20 bits per heavy atom. The Kier molecular flexibility index (Phi) is 3.52. The number of aromatic nitrogens is 6. The van der Waals surface area contributed by atoms with Crippen LogP contribution in [0.4, 0.5) is 5.95 Å². The van der Waals surface area contributed by atoms with Crippen molar-refractivity contribution in [2.45, 2.75) is 38.8 Å². The molecular formula is C15H18N8O2. The van der Waals surface area contributed by atoms with Crippen LogP contribution in [-0.4, -0.2) is 46.7 Å². The van der Waals surface area contributed by atoms with Crippen LogP contribution in [-0.2, 0) is 0 Å². The molecule has 0 saturated heterocycles. The Hall–Kier alpha value is -3.17. The molecule has 1 saturated carbocycles. The third-order valence-electron chi connectivity index (χ3n) is 3.68. The Morgan fingerprint density at radius 3 is 2.84 bits per heavy atom. The number of rotatable bonds is 4. The monoisotopic (exact) mass is 342 g/mol. The zero-order valence-electron chi connectivity index (χ0n) is 13.8. The number of hydrogen-bond acceptors (Lipinski definition) is 7. The van der Waals surface area contributed by atoms with E-state index in [4.69, 9.17) is 0 Å². The molecule has 0 atom stereocenters. The van der Waals surface area contributed by atoms with Crippen molar-refractivity contribution in [1.29, 1.82) is 0 Å². The van der Waals surface area contributed by atoms with Gasteiger partial charge in [-0.05, 0) is 32.8 Å². The molecule has 1 fully saturated rings. The van der Waals surface area contributed by atoms with Gasteiger partial charge in [-0.15, -0.1) is 0 Å². The molecule has 130 valence electrons. The minimum absolute atomic E-state index is 0.164. The highest BCUT2D eigenvalue weighted by Gasteiger charge is 2.21. The van der Waals surface area contributed by atoms with Crippen LogP contribution in [0.3, 0.4) is 0 Å². The molecule has 25 heavy (non-hydrogen) atoms. The van der Waals surface area contributed by atoms with Gasteiger partial charge in [0.05, 0.1) is 12.2 Å². The quantitative estimate of drug-likeness (QED) is 0.494. The fourth-order valence-corrected chi connectivity index (χ4v) is 2.40. The maximum atomic E-state index is 11.3. The summed E-state index contributed by atoms with van der Waals surface area (Å²) in [6, 6.07) is 0.448. The summed E-state index contributed by atoms with van der Waals surface area (Å²) >= 11 is 0. The van der Waals surface area contributed by atoms with Crippen molar-refractivity contribution in [3.05, 3.63) is 33.2 Å². The molecule has 0 spiro atoms. The number of anilines is 1. The van der Waals surface area contributed by atoms with Gasteiger partial charge in [-0.3, -0.25) is 4.98 Å². The fraction of sp³-hybridized carbons (Fsp3) is 0.400. The molecule has 3 aromatic heterocycles. The lowest BCUT2D eigenvalue weighted by Crippen LogP contribution is -2.26. The van der Waals surface area contributed by atoms with E-state index in [2.05, 4.69) is 35.3 Å². The van der Waals surface area contributed by atoms with Crippen molar-refractivity contribution in [3.8, 4) is 5.88 Å². The molecular weight excluding hydrogens is 324 g/mol. The Bertz CT molecular complexity index is 1100. The van der Waals surface area contributed by atoms with E-state index in [9.17, 15) is 9.90 Å². The smallest absolute Gasteiger partial charge is 0.326 e. The molecule has 0 aromatic carbocycles. The lowest BCUT2D eigenvalue weighted by molar-refractivity contribution is 0.454. The summed E-state index contributed by atoms with van der Waals surface area (Å²) in [5.74, 6) is 0.227. The number of nitrogens with zero attached hydrogens (tertiary/aromatic N) is 5. The second-order valence-electron chi connectivity index (χ2n) is 6.33. The minimum Gasteiger partial charge on any atom is -0.493 e. The molecule has 0 aliphatic heterocycles. The SMILES string of the molecule is CC(C)Nc1nc(=NC2CC2)n2nc/c(=C\c3[nH]c(=O)[nH]c3O)c2n1. The van der Waals surface area contributed by atoms with E-state index < -0.39 is 5.69 Å². The molecule has 4 N–H and O–H groups in total. The van der Waals surface area contributed by atoms with Crippen molar-refractivity contribution >= 4 is 17.7 Å². The molecule has 0 unspecified atom stereocenters. The van der Waals surface area contributed by atoms with Crippen molar-refractivity contribution < 1.29 is 5.11 Å². The molecule has 10 nitrogen and oxygen atoms in total. The van der Waals surface area contributed by atoms with Crippen molar-refractivity contribution in [2.75, 3.05) is 5.32 Å². The summed E-state index contributed by atoms with van der Waals surface area (Å²) < 4.78 is 1.57. The first-order valence-corrected chi connectivity index (χ1v) is 8.09. The van der Waals surface area contributed by atoms with Gasteiger partial charge in [0.25, 0.3) is 5.62 Å². The predicted octanol–water partition coefficient (Wildman–Crippen LogP) is -0.723. The zero-order chi connectivity index (χ0) is 17.6. The average molecular weight is 342 g/mol. The summed E-state index contributed by atoms with van der Waals surface area (Å²) in [6.07, 6.45) is 5.30. The van der Waals surface area contributed by atoms with E-state index in [1.54, 1.807) is 16.8 Å². The van der Waals surface area contributed by atoms with Crippen molar-refractivity contribution in [1.82, 2.24) is 29.5 Å². The first kappa shape index (κ1) is 15.4. The van der Waals surface area contributed by atoms with Crippen molar-refractivity contribution in [2.24, 2.45) is 4.99 Å². The van der Waals surface area contributed by atoms with E-state index in [1.165, 1.54) is 0 Å². The van der Waals surface area contributed by atoms with Crippen LogP contribution in [0.15, 0.2) is 16.0 Å². The van der Waals surface area contributed by atoms with Gasteiger partial charge in [0.2, 0.25) is 11.8 Å². The number of aromatic amines is 2. The summed E-state index contributed by atoms with van der Waals surface area (Å²) in [4.78, 5) is 29.6. The maximum Gasteiger partial charge on any atom is 0.326 e. The third-order valence-corrected chi connectivity index (χ3v) is 3.68. The van der Waals surface area contributed by atoms with Crippen LogP contribution >= 0.6 is 0 Å². The Labute approximate surface area is 141 Å². The summed E-state index contributed by atoms with van der Waals surface area (Å²) in [6.45, 7) is 3.99. The summed E-state index contributed by atoms with van der Waals surface area (Å²) in [5, 5.41) is 17.9. The number of hydrogen-bond donors (Lipinski definition) is 4. The highest BCUT2D eigenvalue weighted by Crippen LogP contribution is 2.22. The standard InChI is InChI=1S/C15H18N8O2/c1-7(2)17-13-20-11-8(5-10-12(24)21-15(25)19-10)6-16-23(11)14(22-13)18-9-3-4-9/h5-7,9,24H,3-4H2,1-2H3,(H,17,18,22)(H2,19,21,25)/b8-5+. The van der Waals surface area contributed by atoms with Crippen LogP contribution in [0.25, 0.3) is 11.7 Å². The van der Waals surface area contributed by atoms with Gasteiger partial charge in [0, 0.05) is 11.3 Å². The minimum atomic E-state index is -0.485. The van der Waals surface area contributed by atoms with Gasteiger partial charge in [-0.1, -0.05) is 0 Å². The molecule has 1 aliphatic rings. The molecule has 0 amide bonds. The Balaban J connectivity index is 1.94. The molecule has 4 rings (SSSR count). The van der Waals surface area contributed by atoms with Crippen LogP contribution in [0, 0.1) is 0 Å². The normalized spacial score (nSPS) is 16.3. The van der Waals surface area contributed by atoms with E-state index >= 15 is 0 Å². The maximum absolute atomic E-state index is 11.3. The summed E-state index contributed by atoms with van der Waals surface area (Å²) in [7, 11) is 0. The molecule has 0 radical (unpaired) electrons. The largest absolute Gasteiger partial charge is 0.493 e. The Morgan fingerprint density at radius 1 is 1.40 bits per heavy atom. The third kappa shape index (κ3) is 3.10. The first-order chi connectivity index (χ1) is 12.0. The van der Waals surface area contributed by atoms with Gasteiger partial charge in [-0.25, -0.2) is 9.79 Å². The van der Waals surface area contributed by atoms with Gasteiger partial charge < -0.3 is 15.4 Å². The first-order valence-electron chi connectivity index (χ1n) is 8.09. The number of imidazole rings is 1. The lowest BCUT2D eigenvalue weighted by atomic mass is 10.3. The van der Waals surface area contributed by atoms with Gasteiger partial charge in [0.15, 0.2) is 5.65 Å². The number of H-pyrrole nitrogens is 2. The van der Waals surface area contributed by atoms with Gasteiger partial charge in [0.1, 0.15) is 5.69 Å². The second kappa shape index (κ2) is 5.72. The van der Waals surface area contributed by atoms with Crippen LogP contribution in [0.1, 0.15) is 32.4 Å². The van der Waals surface area contributed by atoms with E-state index in [0.717, 1.165) is 12.8 Å². The van der Waals surface area contributed by atoms with Crippen LogP contribution in [0.2, 0.25) is 0 Å². The van der Waals surface area contributed by atoms with Crippen LogP contribution < -0.4 is 21.8 Å². The molecule has 3 heterocycles. The zero-order valence-corrected chi connectivity index (χ0v) is 13.8. The van der Waals surface area contributed by atoms with E-state index in [-0.39, 0.29) is 23.7 Å². The molecule has 10 heteroatoms. The molecule has 0 bridgehead atoms.